The summed E-state index contributed by atoms with van der Waals surface area (Å²) in [6, 6.07) is 3.41. The summed E-state index contributed by atoms with van der Waals surface area (Å²) < 4.78 is 27.0. The maximum absolute atomic E-state index is 13.8. The van der Waals surface area contributed by atoms with Crippen molar-refractivity contribution in [3.05, 3.63) is 40.2 Å². The average molecular weight is 488 g/mol. The van der Waals surface area contributed by atoms with Crippen molar-refractivity contribution < 1.29 is 38.1 Å². The second-order valence-corrected chi connectivity index (χ2v) is 8.95. The highest BCUT2D eigenvalue weighted by Crippen LogP contribution is 2.49. The molecule has 9 heteroatoms. The molecular formula is C26H33NO8. The minimum absolute atomic E-state index is 0.276. The molecular weight excluding hydrogens is 454 g/mol. The fraction of sp³-hybridized carbons (Fsp3) is 0.500. The van der Waals surface area contributed by atoms with Gasteiger partial charge in [-0.05, 0) is 50.8 Å². The average Bonchev–Trinajstić information content (AvgIpc) is 2.81. The molecule has 1 heterocycles. The van der Waals surface area contributed by atoms with Crippen molar-refractivity contribution in [2.45, 2.75) is 46.1 Å². The summed E-state index contributed by atoms with van der Waals surface area (Å²) in [6.07, 6.45) is 0.0645. The molecule has 35 heavy (non-hydrogen) atoms. The molecule has 1 N–H and O–H groups in total. The van der Waals surface area contributed by atoms with Crippen LogP contribution in [0, 0.1) is 11.8 Å². The van der Waals surface area contributed by atoms with Crippen molar-refractivity contribution in [3.8, 4) is 17.2 Å². The van der Waals surface area contributed by atoms with Crippen LogP contribution in [0.2, 0.25) is 0 Å². The number of ether oxygens (including phenoxy) is 5. The zero-order valence-electron chi connectivity index (χ0n) is 21.4. The van der Waals surface area contributed by atoms with E-state index in [2.05, 4.69) is 5.32 Å². The highest BCUT2D eigenvalue weighted by Gasteiger charge is 2.47. The first-order valence-corrected chi connectivity index (χ1v) is 11.4. The molecule has 0 spiro atoms. The molecule has 0 bridgehead atoms. The second-order valence-electron chi connectivity index (χ2n) is 8.95. The van der Waals surface area contributed by atoms with Crippen LogP contribution < -0.4 is 19.5 Å². The Bertz CT molecular complexity index is 1080. The zero-order chi connectivity index (χ0) is 26.0. The van der Waals surface area contributed by atoms with Gasteiger partial charge in [0, 0.05) is 22.9 Å². The summed E-state index contributed by atoms with van der Waals surface area (Å²) >= 11 is 0. The van der Waals surface area contributed by atoms with Gasteiger partial charge in [0.2, 0.25) is 5.75 Å². The van der Waals surface area contributed by atoms with E-state index in [0.29, 0.717) is 46.2 Å². The second kappa shape index (κ2) is 10.4. The minimum Gasteiger partial charge on any atom is -0.493 e. The number of carbonyl (C=O) groups is 3. The highest BCUT2D eigenvalue weighted by atomic mass is 16.5. The van der Waals surface area contributed by atoms with Crippen LogP contribution in [0.3, 0.4) is 0 Å². The molecule has 1 aliphatic carbocycles. The largest absolute Gasteiger partial charge is 0.493 e. The molecule has 1 aliphatic heterocycles. The van der Waals surface area contributed by atoms with Crippen molar-refractivity contribution >= 4 is 17.7 Å². The molecule has 0 aromatic heterocycles. The van der Waals surface area contributed by atoms with Gasteiger partial charge in [-0.1, -0.05) is 6.92 Å². The van der Waals surface area contributed by atoms with Crippen molar-refractivity contribution in [1.82, 2.24) is 5.32 Å². The lowest BCUT2D eigenvalue weighted by molar-refractivity contribution is -0.151. The standard InChI is InChI=1S/C26H33NO8/c1-12(2)35-26(30)20-14(4)27-16-9-13(3)19(25(29)34-8)23(28)22(16)21(20)15-10-17(31-5)24(33-7)18(11-15)32-6/h10-13,19,21,27H,9H2,1-8H3/t13-,19+,21+/m0/s1. The van der Waals surface area contributed by atoms with E-state index in [1.165, 1.54) is 28.4 Å². The van der Waals surface area contributed by atoms with E-state index in [1.807, 2.05) is 6.92 Å². The number of dihydropyridines is 1. The van der Waals surface area contributed by atoms with E-state index in [0.717, 1.165) is 0 Å². The Hall–Kier alpha value is -3.49. The Balaban J connectivity index is 2.30. The molecule has 3 atom stereocenters. The van der Waals surface area contributed by atoms with Crippen LogP contribution in [0.25, 0.3) is 0 Å². The fourth-order valence-corrected chi connectivity index (χ4v) is 4.83. The van der Waals surface area contributed by atoms with Gasteiger partial charge >= 0.3 is 11.9 Å². The van der Waals surface area contributed by atoms with E-state index >= 15 is 0 Å². The third kappa shape index (κ3) is 4.72. The molecule has 0 saturated carbocycles. The lowest BCUT2D eigenvalue weighted by Gasteiger charge is -2.38. The summed E-state index contributed by atoms with van der Waals surface area (Å²) in [5.74, 6) is -2.51. The zero-order valence-corrected chi connectivity index (χ0v) is 21.4. The van der Waals surface area contributed by atoms with E-state index in [1.54, 1.807) is 32.9 Å². The van der Waals surface area contributed by atoms with Gasteiger partial charge in [0.1, 0.15) is 5.92 Å². The Morgan fingerprint density at radius 1 is 1.03 bits per heavy atom. The third-order valence-electron chi connectivity index (χ3n) is 6.33. The summed E-state index contributed by atoms with van der Waals surface area (Å²) in [5.41, 5.74) is 2.41. The molecule has 0 radical (unpaired) electrons. The Labute approximate surface area is 205 Å². The number of allylic oxidation sites excluding steroid dienone is 3. The Morgan fingerprint density at radius 3 is 2.11 bits per heavy atom. The quantitative estimate of drug-likeness (QED) is 0.458. The van der Waals surface area contributed by atoms with Crippen molar-refractivity contribution in [3.63, 3.8) is 0 Å². The fourth-order valence-electron chi connectivity index (χ4n) is 4.83. The first-order valence-electron chi connectivity index (χ1n) is 11.4. The molecule has 9 nitrogen and oxygen atoms in total. The van der Waals surface area contributed by atoms with Gasteiger partial charge in [0.05, 0.1) is 40.1 Å². The van der Waals surface area contributed by atoms with Crippen LogP contribution in [0.1, 0.15) is 45.6 Å². The summed E-state index contributed by atoms with van der Waals surface area (Å²) in [7, 11) is 5.74. The minimum atomic E-state index is -0.981. The van der Waals surface area contributed by atoms with Gasteiger partial charge in [-0.2, -0.15) is 0 Å². The van der Waals surface area contributed by atoms with Gasteiger partial charge in [-0.3, -0.25) is 9.59 Å². The first-order chi connectivity index (χ1) is 16.6. The number of hydrogen-bond donors (Lipinski definition) is 1. The van der Waals surface area contributed by atoms with E-state index in [9.17, 15) is 14.4 Å². The van der Waals surface area contributed by atoms with Crippen molar-refractivity contribution in [1.29, 1.82) is 0 Å². The van der Waals surface area contributed by atoms with Crippen LogP contribution in [0.5, 0.6) is 17.2 Å². The monoisotopic (exact) mass is 487 g/mol. The third-order valence-corrected chi connectivity index (χ3v) is 6.33. The van der Waals surface area contributed by atoms with Crippen LogP contribution in [0.4, 0.5) is 0 Å². The maximum atomic E-state index is 13.8. The number of methoxy groups -OCH3 is 4. The van der Waals surface area contributed by atoms with Crippen LogP contribution in [-0.4, -0.2) is 52.3 Å². The van der Waals surface area contributed by atoms with E-state index in [-0.39, 0.29) is 23.4 Å². The Kier molecular flexibility index (Phi) is 7.77. The van der Waals surface area contributed by atoms with Crippen molar-refractivity contribution in [2.24, 2.45) is 11.8 Å². The predicted molar refractivity (Wildman–Crippen MR) is 127 cm³/mol. The molecule has 2 aliphatic rings. The number of benzene rings is 1. The lowest BCUT2D eigenvalue weighted by Crippen LogP contribution is -2.43. The smallest absolute Gasteiger partial charge is 0.337 e. The number of hydrogen-bond acceptors (Lipinski definition) is 9. The molecule has 190 valence electrons. The first kappa shape index (κ1) is 26.1. The summed E-state index contributed by atoms with van der Waals surface area (Å²) in [5, 5.41) is 3.24. The predicted octanol–water partition coefficient (Wildman–Crippen LogP) is 3.28. The number of Topliss-reactive ketones (excluding diaryl/α,β-unsaturated/α-hetero) is 1. The highest BCUT2D eigenvalue weighted by molar-refractivity contribution is 6.12. The number of esters is 2. The molecule has 0 saturated heterocycles. The van der Waals surface area contributed by atoms with Gasteiger partial charge < -0.3 is 29.0 Å². The number of rotatable bonds is 7. The van der Waals surface area contributed by atoms with Crippen LogP contribution in [0.15, 0.2) is 34.7 Å². The Morgan fingerprint density at radius 2 is 1.63 bits per heavy atom. The number of carbonyl (C=O) groups excluding carboxylic acids is 3. The van der Waals surface area contributed by atoms with Gasteiger partial charge in [-0.15, -0.1) is 0 Å². The normalized spacial score (nSPS) is 21.9. The summed E-state index contributed by atoms with van der Waals surface area (Å²) in [6.45, 7) is 7.11. The molecule has 3 rings (SSSR count). The van der Waals surface area contributed by atoms with E-state index in [4.69, 9.17) is 23.7 Å². The molecule has 1 aromatic rings. The maximum Gasteiger partial charge on any atom is 0.337 e. The lowest BCUT2D eigenvalue weighted by atomic mass is 9.69. The SMILES string of the molecule is COC(=O)[C@H]1C(=O)C2=C(C[C@@H]1C)NC(C)=C(C(=O)OC(C)C)[C@H]2c1cc(OC)c(OC)c(OC)c1. The molecule has 1 aromatic carbocycles. The molecule has 0 fully saturated rings. The van der Waals surface area contributed by atoms with Crippen LogP contribution in [-0.2, 0) is 23.9 Å². The van der Waals surface area contributed by atoms with Crippen molar-refractivity contribution in [2.75, 3.05) is 28.4 Å². The van der Waals surface area contributed by atoms with E-state index < -0.39 is 23.8 Å². The van der Waals surface area contributed by atoms with Gasteiger partial charge in [-0.25, -0.2) is 4.79 Å². The van der Waals surface area contributed by atoms with Crippen LogP contribution >= 0.6 is 0 Å². The number of ketones is 1. The van der Waals surface area contributed by atoms with Gasteiger partial charge in [0.25, 0.3) is 0 Å². The topological polar surface area (TPSA) is 109 Å². The summed E-state index contributed by atoms with van der Waals surface area (Å²) in [4.78, 5) is 39.7. The molecule has 0 amide bonds. The van der Waals surface area contributed by atoms with Gasteiger partial charge in [0.15, 0.2) is 17.3 Å². The number of nitrogens with one attached hydrogen (secondary N) is 1. The molecule has 0 unspecified atom stereocenters.